The zero-order valence-electron chi connectivity index (χ0n) is 9.66. The van der Waals surface area contributed by atoms with Crippen LogP contribution in [0.5, 0.6) is 0 Å². The molecule has 18 heavy (non-hydrogen) atoms. The van der Waals surface area contributed by atoms with E-state index in [1.807, 2.05) is 0 Å². The van der Waals surface area contributed by atoms with Crippen molar-refractivity contribution in [3.63, 3.8) is 0 Å². The highest BCUT2D eigenvalue weighted by Crippen LogP contribution is 2.42. The third kappa shape index (κ3) is 1.55. The van der Waals surface area contributed by atoms with Gasteiger partial charge in [-0.15, -0.1) is 0 Å². The molecule has 1 aliphatic carbocycles. The number of halogens is 2. The predicted molar refractivity (Wildman–Crippen MR) is 64.1 cm³/mol. The number of hydrogen-bond acceptors (Lipinski definition) is 1. The van der Waals surface area contributed by atoms with Crippen LogP contribution in [0.3, 0.4) is 0 Å². The van der Waals surface area contributed by atoms with Crippen molar-refractivity contribution in [3.05, 3.63) is 70.8 Å². The largest absolute Gasteiger partial charge is 0.380 e. The summed E-state index contributed by atoms with van der Waals surface area (Å²) in [6.45, 7) is 0. The maximum Gasteiger partial charge on any atom is 0.126 e. The summed E-state index contributed by atoms with van der Waals surface area (Å²) in [5.41, 5.74) is 0.281. The van der Waals surface area contributed by atoms with Gasteiger partial charge in [-0.1, -0.05) is 24.3 Å². The van der Waals surface area contributed by atoms with Gasteiger partial charge in [-0.05, 0) is 47.7 Å². The molecular formula is C15H12F2O. The van der Waals surface area contributed by atoms with E-state index in [1.54, 1.807) is 24.3 Å². The third-order valence-electron chi connectivity index (χ3n) is 3.60. The average Bonchev–Trinajstić information content (AvgIpc) is 2.70. The van der Waals surface area contributed by atoms with E-state index in [9.17, 15) is 13.9 Å². The van der Waals surface area contributed by atoms with Gasteiger partial charge in [-0.2, -0.15) is 0 Å². The maximum atomic E-state index is 13.6. The lowest BCUT2D eigenvalue weighted by Gasteiger charge is -2.24. The highest BCUT2D eigenvalue weighted by atomic mass is 19.1. The second-order valence-electron chi connectivity index (χ2n) is 4.64. The van der Waals surface area contributed by atoms with Crippen LogP contribution < -0.4 is 0 Å². The molecule has 0 saturated heterocycles. The first-order valence-electron chi connectivity index (χ1n) is 5.87. The Morgan fingerprint density at radius 3 is 2.61 bits per heavy atom. The molecule has 1 unspecified atom stereocenters. The van der Waals surface area contributed by atoms with Gasteiger partial charge in [-0.25, -0.2) is 8.78 Å². The van der Waals surface area contributed by atoms with Crippen molar-refractivity contribution >= 4 is 0 Å². The Balaban J connectivity index is 2.17. The molecule has 0 saturated carbocycles. The normalized spacial score (nSPS) is 21.9. The lowest BCUT2D eigenvalue weighted by Crippen LogP contribution is -2.24. The molecule has 0 fully saturated rings. The minimum Gasteiger partial charge on any atom is -0.380 e. The van der Waals surface area contributed by atoms with E-state index in [0.29, 0.717) is 29.5 Å². The molecule has 2 aromatic rings. The quantitative estimate of drug-likeness (QED) is 0.819. The molecule has 0 spiro atoms. The van der Waals surface area contributed by atoms with E-state index in [4.69, 9.17) is 0 Å². The van der Waals surface area contributed by atoms with Crippen LogP contribution in [0.2, 0.25) is 0 Å². The smallest absolute Gasteiger partial charge is 0.126 e. The van der Waals surface area contributed by atoms with Crippen LogP contribution >= 0.6 is 0 Å². The van der Waals surface area contributed by atoms with E-state index >= 15 is 0 Å². The van der Waals surface area contributed by atoms with E-state index < -0.39 is 11.4 Å². The topological polar surface area (TPSA) is 20.2 Å². The van der Waals surface area contributed by atoms with Crippen molar-refractivity contribution in [1.29, 1.82) is 0 Å². The SMILES string of the molecule is OC1(c2cccc(F)c2)CCc2c(F)cccc21. The molecule has 0 aliphatic heterocycles. The van der Waals surface area contributed by atoms with Gasteiger partial charge in [0.05, 0.1) is 0 Å². The molecule has 0 heterocycles. The minimum atomic E-state index is -1.28. The van der Waals surface area contributed by atoms with Crippen LogP contribution in [-0.4, -0.2) is 5.11 Å². The summed E-state index contributed by atoms with van der Waals surface area (Å²) < 4.78 is 26.9. The molecule has 3 rings (SSSR count). The Kier molecular flexibility index (Phi) is 2.45. The molecular weight excluding hydrogens is 234 g/mol. The Labute approximate surface area is 104 Å². The number of benzene rings is 2. The van der Waals surface area contributed by atoms with Crippen LogP contribution in [0.4, 0.5) is 8.78 Å². The van der Waals surface area contributed by atoms with Crippen LogP contribution in [0.25, 0.3) is 0 Å². The number of fused-ring (bicyclic) bond motifs is 1. The Bertz CT molecular complexity index is 609. The second-order valence-corrected chi connectivity index (χ2v) is 4.64. The Morgan fingerprint density at radius 1 is 1.06 bits per heavy atom. The van der Waals surface area contributed by atoms with Gasteiger partial charge < -0.3 is 5.11 Å². The molecule has 0 amide bonds. The molecule has 1 nitrogen and oxygen atoms in total. The molecule has 1 atom stereocenters. The van der Waals surface area contributed by atoms with Gasteiger partial charge >= 0.3 is 0 Å². The Hall–Kier alpha value is -1.74. The third-order valence-corrected chi connectivity index (χ3v) is 3.60. The van der Waals surface area contributed by atoms with E-state index in [-0.39, 0.29) is 5.82 Å². The first-order chi connectivity index (χ1) is 8.61. The number of aliphatic hydroxyl groups is 1. The van der Waals surface area contributed by atoms with Crippen molar-refractivity contribution in [2.45, 2.75) is 18.4 Å². The van der Waals surface area contributed by atoms with Gasteiger partial charge in [0, 0.05) is 0 Å². The fourth-order valence-corrected chi connectivity index (χ4v) is 2.69. The molecule has 1 N–H and O–H groups in total. The number of hydrogen-bond donors (Lipinski definition) is 1. The van der Waals surface area contributed by atoms with Crippen LogP contribution in [0.15, 0.2) is 42.5 Å². The number of rotatable bonds is 1. The van der Waals surface area contributed by atoms with Crippen LogP contribution in [0, 0.1) is 11.6 Å². The molecule has 0 bridgehead atoms. The monoisotopic (exact) mass is 246 g/mol. The molecule has 3 heteroatoms. The maximum absolute atomic E-state index is 13.6. The molecule has 0 aromatic heterocycles. The lowest BCUT2D eigenvalue weighted by atomic mass is 9.88. The van der Waals surface area contributed by atoms with Gasteiger partial charge in [-0.3, -0.25) is 0 Å². The van der Waals surface area contributed by atoms with Crippen molar-refractivity contribution in [2.75, 3.05) is 0 Å². The zero-order chi connectivity index (χ0) is 12.8. The minimum absolute atomic E-state index is 0.306. The van der Waals surface area contributed by atoms with Crippen molar-refractivity contribution in [3.8, 4) is 0 Å². The lowest BCUT2D eigenvalue weighted by molar-refractivity contribution is 0.0825. The first-order valence-corrected chi connectivity index (χ1v) is 5.87. The zero-order valence-corrected chi connectivity index (χ0v) is 9.66. The predicted octanol–water partition coefficient (Wildman–Crippen LogP) is 3.15. The first kappa shape index (κ1) is 11.4. The van der Waals surface area contributed by atoms with Crippen LogP contribution in [0.1, 0.15) is 23.1 Å². The highest BCUT2D eigenvalue weighted by molar-refractivity contribution is 5.45. The van der Waals surface area contributed by atoms with Gasteiger partial charge in [0.15, 0.2) is 0 Å². The molecule has 92 valence electrons. The summed E-state index contributed by atoms with van der Waals surface area (Å²) in [5, 5.41) is 10.7. The van der Waals surface area contributed by atoms with E-state index in [1.165, 1.54) is 18.2 Å². The fraction of sp³-hybridized carbons (Fsp3) is 0.200. The van der Waals surface area contributed by atoms with Crippen LogP contribution in [-0.2, 0) is 12.0 Å². The summed E-state index contributed by atoms with van der Waals surface area (Å²) in [5.74, 6) is -0.703. The summed E-state index contributed by atoms with van der Waals surface area (Å²) in [6, 6.07) is 10.5. The fourth-order valence-electron chi connectivity index (χ4n) is 2.69. The van der Waals surface area contributed by atoms with Gasteiger partial charge in [0.25, 0.3) is 0 Å². The highest BCUT2D eigenvalue weighted by Gasteiger charge is 2.39. The van der Waals surface area contributed by atoms with Gasteiger partial charge in [0.2, 0.25) is 0 Å². The summed E-state index contributed by atoms with van der Waals surface area (Å²) in [6.07, 6.45) is 0.849. The van der Waals surface area contributed by atoms with Crippen molar-refractivity contribution in [2.24, 2.45) is 0 Å². The summed E-state index contributed by atoms with van der Waals surface area (Å²) >= 11 is 0. The Morgan fingerprint density at radius 2 is 1.83 bits per heavy atom. The van der Waals surface area contributed by atoms with Crippen molar-refractivity contribution in [1.82, 2.24) is 0 Å². The summed E-state index contributed by atoms with van der Waals surface area (Å²) in [7, 11) is 0. The molecule has 2 aromatic carbocycles. The molecule has 1 aliphatic rings. The average molecular weight is 246 g/mol. The standard InChI is InChI=1S/C15H12F2O/c16-11-4-1-3-10(9-11)15(18)8-7-12-13(15)5-2-6-14(12)17/h1-6,9,18H,7-8H2. The summed E-state index contributed by atoms with van der Waals surface area (Å²) in [4.78, 5) is 0. The van der Waals surface area contributed by atoms with E-state index in [2.05, 4.69) is 0 Å². The van der Waals surface area contributed by atoms with Gasteiger partial charge in [0.1, 0.15) is 17.2 Å². The second kappa shape index (κ2) is 3.89. The molecule has 0 radical (unpaired) electrons. The van der Waals surface area contributed by atoms with E-state index in [0.717, 1.165) is 0 Å². The van der Waals surface area contributed by atoms with Crippen molar-refractivity contribution < 1.29 is 13.9 Å².